The van der Waals surface area contributed by atoms with Crippen LogP contribution in [0.4, 0.5) is 5.82 Å². The molecule has 8 nitrogen and oxygen atoms in total. The summed E-state index contributed by atoms with van der Waals surface area (Å²) in [6, 6.07) is 14.3. The summed E-state index contributed by atoms with van der Waals surface area (Å²) in [5.74, 6) is 0.450. The minimum Gasteiger partial charge on any atom is -0.376 e. The highest BCUT2D eigenvalue weighted by Crippen LogP contribution is 2.34. The minimum atomic E-state index is -0.185. The van der Waals surface area contributed by atoms with Gasteiger partial charge in [-0.3, -0.25) is 23.8 Å². The number of anilines is 1. The Morgan fingerprint density at radius 1 is 1.10 bits per heavy atom. The number of aromatic nitrogens is 2. The zero-order valence-corrected chi connectivity index (χ0v) is 23.5. The van der Waals surface area contributed by atoms with Crippen molar-refractivity contribution in [2.75, 3.05) is 44.2 Å². The Labute approximate surface area is 237 Å². The van der Waals surface area contributed by atoms with E-state index in [1.807, 2.05) is 25.1 Å². The molecule has 5 heterocycles. The van der Waals surface area contributed by atoms with Crippen molar-refractivity contribution < 1.29 is 9.53 Å². The van der Waals surface area contributed by atoms with Crippen molar-refractivity contribution in [1.29, 1.82) is 0 Å². The Kier molecular flexibility index (Phi) is 7.53. The molecule has 1 amide bonds. The molecule has 3 fully saturated rings. The summed E-state index contributed by atoms with van der Waals surface area (Å²) in [7, 11) is 0. The molecule has 0 radical (unpaired) electrons. The predicted molar refractivity (Wildman–Crippen MR) is 159 cm³/mol. The van der Waals surface area contributed by atoms with Crippen molar-refractivity contribution in [3.63, 3.8) is 0 Å². The zero-order chi connectivity index (χ0) is 26.9. The summed E-state index contributed by atoms with van der Waals surface area (Å²) in [5.41, 5.74) is 3.08. The zero-order valence-electron chi connectivity index (χ0n) is 21.9. The van der Waals surface area contributed by atoms with Gasteiger partial charge in [0.25, 0.3) is 11.5 Å². The lowest BCUT2D eigenvalue weighted by Crippen LogP contribution is -2.47. The largest absolute Gasteiger partial charge is 0.376 e. The maximum atomic E-state index is 13.8. The van der Waals surface area contributed by atoms with E-state index >= 15 is 0 Å². The summed E-state index contributed by atoms with van der Waals surface area (Å²) in [6.45, 7) is 7.20. The molecule has 2 aromatic heterocycles. The monoisotopic (exact) mass is 561 g/mol. The fourth-order valence-electron chi connectivity index (χ4n) is 5.41. The molecule has 1 unspecified atom stereocenters. The highest BCUT2D eigenvalue weighted by atomic mass is 32.2. The molecule has 3 saturated heterocycles. The summed E-state index contributed by atoms with van der Waals surface area (Å²) in [5, 5.41) is 0. The quantitative estimate of drug-likeness (QED) is 0.333. The third-order valence-electron chi connectivity index (χ3n) is 7.54. The van der Waals surface area contributed by atoms with Crippen molar-refractivity contribution in [3.05, 3.63) is 80.6 Å². The molecule has 3 aromatic rings. The molecule has 3 aliphatic rings. The van der Waals surface area contributed by atoms with Gasteiger partial charge < -0.3 is 9.64 Å². The average molecular weight is 562 g/mol. The van der Waals surface area contributed by atoms with Crippen LogP contribution in [-0.2, 0) is 16.1 Å². The van der Waals surface area contributed by atoms with Crippen LogP contribution in [-0.4, -0.2) is 74.8 Å². The number of fused-ring (bicyclic) bond motifs is 1. The van der Waals surface area contributed by atoms with E-state index in [9.17, 15) is 9.59 Å². The van der Waals surface area contributed by atoms with Crippen LogP contribution in [0.15, 0.2) is 58.4 Å². The van der Waals surface area contributed by atoms with Gasteiger partial charge in [0, 0.05) is 45.5 Å². The van der Waals surface area contributed by atoms with E-state index in [1.54, 1.807) is 21.6 Å². The van der Waals surface area contributed by atoms with E-state index in [0.29, 0.717) is 32.8 Å². The highest BCUT2D eigenvalue weighted by molar-refractivity contribution is 8.26. The Morgan fingerprint density at radius 3 is 2.64 bits per heavy atom. The number of piperazine rings is 1. The van der Waals surface area contributed by atoms with Gasteiger partial charge >= 0.3 is 0 Å². The Morgan fingerprint density at radius 2 is 1.90 bits per heavy atom. The number of hydrogen-bond acceptors (Lipinski definition) is 8. The van der Waals surface area contributed by atoms with Gasteiger partial charge in [-0.25, -0.2) is 4.98 Å². The number of thioether (sulfide) groups is 1. The molecular formula is C29H31N5O3S2. The first kappa shape index (κ1) is 26.2. The van der Waals surface area contributed by atoms with Crippen LogP contribution in [0.25, 0.3) is 11.7 Å². The van der Waals surface area contributed by atoms with Crippen molar-refractivity contribution >= 4 is 51.7 Å². The molecule has 0 N–H and O–H groups in total. The number of nitrogens with zero attached hydrogens (tertiary/aromatic N) is 5. The van der Waals surface area contributed by atoms with Gasteiger partial charge in [-0.2, -0.15) is 0 Å². The van der Waals surface area contributed by atoms with Crippen LogP contribution in [0.5, 0.6) is 0 Å². The van der Waals surface area contributed by atoms with Gasteiger partial charge in [-0.05, 0) is 43.0 Å². The van der Waals surface area contributed by atoms with Gasteiger partial charge in [-0.1, -0.05) is 60.4 Å². The third kappa shape index (κ3) is 5.38. The number of thiocarbonyl (C=S) groups is 1. The van der Waals surface area contributed by atoms with Crippen molar-refractivity contribution in [3.8, 4) is 0 Å². The number of aryl methyl sites for hydroxylation is 1. The summed E-state index contributed by atoms with van der Waals surface area (Å²) >= 11 is 6.80. The summed E-state index contributed by atoms with van der Waals surface area (Å²) in [6.07, 6.45) is 5.36. The van der Waals surface area contributed by atoms with Crippen LogP contribution in [0.1, 0.15) is 29.5 Å². The van der Waals surface area contributed by atoms with Gasteiger partial charge in [0.1, 0.15) is 15.8 Å². The lowest BCUT2D eigenvalue weighted by molar-refractivity contribution is -0.123. The second kappa shape index (κ2) is 11.2. The Bertz CT molecular complexity index is 1490. The SMILES string of the molecule is Cc1cccn2c(=O)c(/C=C3\SC(=S)N(CC4CCCO4)C3=O)c(N3CCN(Cc4ccccc4)CC3)nc12. The molecule has 10 heteroatoms. The smallest absolute Gasteiger partial charge is 0.267 e. The molecule has 0 bridgehead atoms. The van der Waals surface area contributed by atoms with Crippen LogP contribution in [0.2, 0.25) is 0 Å². The lowest BCUT2D eigenvalue weighted by atomic mass is 10.1. The van der Waals surface area contributed by atoms with E-state index in [-0.39, 0.29) is 17.6 Å². The van der Waals surface area contributed by atoms with Crippen LogP contribution < -0.4 is 10.5 Å². The second-order valence-corrected chi connectivity index (χ2v) is 11.9. The molecule has 0 aliphatic carbocycles. The molecule has 1 aromatic carbocycles. The lowest BCUT2D eigenvalue weighted by Gasteiger charge is -2.36. The van der Waals surface area contributed by atoms with Gasteiger partial charge in [-0.15, -0.1) is 0 Å². The van der Waals surface area contributed by atoms with E-state index in [1.165, 1.54) is 17.3 Å². The standard InChI is InChI=1S/C29H31N5O3S2/c1-20-7-5-11-33-25(20)30-26(32-14-12-31(13-15-32)18-21-8-3-2-4-9-21)23(27(33)35)17-24-28(36)34(29(38)39-24)19-22-10-6-16-37-22/h2-5,7-9,11,17,22H,6,10,12-16,18-19H2,1H3/b24-17-. The normalized spacial score (nSPS) is 21.6. The van der Waals surface area contributed by atoms with Crippen LogP contribution >= 0.6 is 24.0 Å². The van der Waals surface area contributed by atoms with E-state index in [4.69, 9.17) is 21.9 Å². The molecule has 0 saturated carbocycles. The number of pyridine rings is 1. The predicted octanol–water partition coefficient (Wildman–Crippen LogP) is 3.71. The number of hydrogen-bond donors (Lipinski definition) is 0. The third-order valence-corrected chi connectivity index (χ3v) is 8.92. The topological polar surface area (TPSA) is 70.4 Å². The van der Waals surface area contributed by atoms with E-state index in [2.05, 4.69) is 34.1 Å². The number of amides is 1. The fraction of sp³-hybridized carbons (Fsp3) is 0.379. The highest BCUT2D eigenvalue weighted by Gasteiger charge is 2.35. The molecular weight excluding hydrogens is 530 g/mol. The van der Waals surface area contributed by atoms with Gasteiger partial charge in [0.2, 0.25) is 0 Å². The number of carbonyl (C=O) groups is 1. The first-order chi connectivity index (χ1) is 19.0. The number of ether oxygens (including phenoxy) is 1. The number of rotatable bonds is 6. The van der Waals surface area contributed by atoms with Crippen LogP contribution in [0, 0.1) is 6.92 Å². The minimum absolute atomic E-state index is 0.00512. The second-order valence-electron chi connectivity index (χ2n) is 10.2. The molecule has 39 heavy (non-hydrogen) atoms. The Balaban J connectivity index is 1.31. The molecule has 1 atom stereocenters. The molecule has 202 valence electrons. The van der Waals surface area contributed by atoms with Crippen molar-refractivity contribution in [1.82, 2.24) is 19.2 Å². The Hall–Kier alpha value is -3.05. The molecule has 0 spiro atoms. The average Bonchev–Trinajstić information content (AvgIpc) is 3.56. The van der Waals surface area contributed by atoms with Gasteiger partial charge in [0.05, 0.1) is 23.1 Å². The van der Waals surface area contributed by atoms with E-state index < -0.39 is 0 Å². The first-order valence-electron chi connectivity index (χ1n) is 13.4. The van der Waals surface area contributed by atoms with Gasteiger partial charge in [0.15, 0.2) is 0 Å². The maximum Gasteiger partial charge on any atom is 0.267 e. The number of benzene rings is 1. The summed E-state index contributed by atoms with van der Waals surface area (Å²) in [4.78, 5) is 38.9. The van der Waals surface area contributed by atoms with Crippen LogP contribution in [0.3, 0.4) is 0 Å². The van der Waals surface area contributed by atoms with E-state index in [0.717, 1.165) is 57.7 Å². The number of carbonyl (C=O) groups excluding carboxylic acids is 1. The maximum absolute atomic E-state index is 13.8. The summed E-state index contributed by atoms with van der Waals surface area (Å²) < 4.78 is 7.81. The molecule has 6 rings (SSSR count). The fourth-order valence-corrected chi connectivity index (χ4v) is 6.66. The van der Waals surface area contributed by atoms with Crippen molar-refractivity contribution in [2.45, 2.75) is 32.4 Å². The first-order valence-corrected chi connectivity index (χ1v) is 14.6. The van der Waals surface area contributed by atoms with Crippen molar-refractivity contribution in [2.24, 2.45) is 0 Å². The molecule has 3 aliphatic heterocycles.